The Balaban J connectivity index is 3.17. The molecule has 0 saturated carbocycles. The van der Waals surface area contributed by atoms with Crippen molar-refractivity contribution < 1.29 is 0 Å². The first-order valence-corrected chi connectivity index (χ1v) is 3.51. The van der Waals surface area contributed by atoms with Crippen molar-refractivity contribution in [3.05, 3.63) is 0 Å². The largest absolute Gasteiger partial charge is 0.323 e. The van der Waals surface area contributed by atoms with Crippen LogP contribution in [0.25, 0.3) is 0 Å². The van der Waals surface area contributed by atoms with Gasteiger partial charge >= 0.3 is 0 Å². The van der Waals surface area contributed by atoms with Gasteiger partial charge in [0.15, 0.2) is 0 Å². The van der Waals surface area contributed by atoms with Crippen LogP contribution in [0.15, 0.2) is 4.99 Å². The van der Waals surface area contributed by atoms with Crippen molar-refractivity contribution in [2.45, 2.75) is 12.5 Å². The summed E-state index contributed by atoms with van der Waals surface area (Å²) < 4.78 is 0. The van der Waals surface area contributed by atoms with Crippen molar-refractivity contribution in [1.29, 1.82) is 0 Å². The van der Waals surface area contributed by atoms with Crippen LogP contribution in [0.2, 0.25) is 0 Å². The molecule has 0 bridgehead atoms. The first-order valence-electron chi connectivity index (χ1n) is 2.69. The van der Waals surface area contributed by atoms with Crippen LogP contribution in [0.3, 0.4) is 0 Å². The van der Waals surface area contributed by atoms with Gasteiger partial charge in [0.2, 0.25) is 0 Å². The molecule has 8 heavy (non-hydrogen) atoms. The number of nitrogens with zero attached hydrogens (tertiary/aromatic N) is 1. The summed E-state index contributed by atoms with van der Waals surface area (Å²) in [5.41, 5.74) is 5.53. The van der Waals surface area contributed by atoms with Crippen LogP contribution in [0.1, 0.15) is 6.42 Å². The fraction of sp³-hybridized carbons (Fsp3) is 0.800. The minimum atomic E-state index is 0.150. The summed E-state index contributed by atoms with van der Waals surface area (Å²) in [5.74, 6) is 0. The van der Waals surface area contributed by atoms with E-state index in [0.717, 1.165) is 12.6 Å². The molecule has 0 radical (unpaired) electrons. The highest BCUT2D eigenvalue weighted by atomic mass is 31.0. The van der Waals surface area contributed by atoms with E-state index in [4.69, 9.17) is 5.73 Å². The fourth-order valence-corrected chi connectivity index (χ4v) is 0.843. The molecule has 2 nitrogen and oxygen atoms in total. The van der Waals surface area contributed by atoms with E-state index in [0.29, 0.717) is 0 Å². The number of nitrogens with two attached hydrogens (primary N) is 1. The summed E-state index contributed by atoms with van der Waals surface area (Å²) in [6, 6.07) is 0.150. The molecule has 48 valence electrons. The monoisotopic (exact) mass is 132 g/mol. The second-order valence-electron chi connectivity index (χ2n) is 1.65. The van der Waals surface area contributed by atoms with Gasteiger partial charge in [-0.25, -0.2) is 0 Å². The van der Waals surface area contributed by atoms with Crippen LogP contribution in [0.4, 0.5) is 0 Å². The highest BCUT2D eigenvalue weighted by Gasteiger charge is 1.91. The van der Waals surface area contributed by atoms with Gasteiger partial charge in [-0.2, -0.15) is 0 Å². The van der Waals surface area contributed by atoms with Gasteiger partial charge in [-0.05, 0) is 12.6 Å². The van der Waals surface area contributed by atoms with Gasteiger partial charge in [0.1, 0.15) is 0 Å². The molecule has 3 heteroatoms. The Morgan fingerprint density at radius 3 is 2.88 bits per heavy atom. The van der Waals surface area contributed by atoms with Crippen LogP contribution >= 0.6 is 9.24 Å². The second kappa shape index (κ2) is 5.20. The fourth-order valence-electron chi connectivity index (χ4n) is 0.458. The Labute approximate surface area is 52.8 Å². The molecule has 0 fully saturated rings. The molecule has 0 rings (SSSR count). The van der Waals surface area contributed by atoms with E-state index < -0.39 is 0 Å². The zero-order valence-corrected chi connectivity index (χ0v) is 6.33. The molecule has 2 unspecified atom stereocenters. The molecule has 0 heterocycles. The van der Waals surface area contributed by atoms with Gasteiger partial charge in [0.25, 0.3) is 0 Å². The summed E-state index contributed by atoms with van der Waals surface area (Å²) in [5, 5.41) is 0. The third-order valence-corrected chi connectivity index (χ3v) is 1.17. The molecular weight excluding hydrogens is 119 g/mol. The molecule has 2 atom stereocenters. The van der Waals surface area contributed by atoms with E-state index in [1.807, 2.05) is 0 Å². The van der Waals surface area contributed by atoms with E-state index in [-0.39, 0.29) is 6.04 Å². The lowest BCUT2D eigenvalue weighted by Gasteiger charge is -1.99. The lowest BCUT2D eigenvalue weighted by molar-refractivity contribution is 0.841. The average molecular weight is 132 g/mol. The predicted octanol–water partition coefficient (Wildman–Crippen LogP) is 0.279. The van der Waals surface area contributed by atoms with Crippen LogP contribution in [0.5, 0.6) is 0 Å². The molecule has 0 aromatic carbocycles. The van der Waals surface area contributed by atoms with Gasteiger partial charge in [-0.3, -0.25) is 4.99 Å². The van der Waals surface area contributed by atoms with Crippen molar-refractivity contribution >= 4 is 15.5 Å². The van der Waals surface area contributed by atoms with Crippen molar-refractivity contribution in [3.8, 4) is 0 Å². The highest BCUT2D eigenvalue weighted by Crippen LogP contribution is 1.89. The third kappa shape index (κ3) is 4.23. The Bertz CT molecular complexity index is 72.8. The first kappa shape index (κ1) is 8.06. The molecule has 0 spiro atoms. The van der Waals surface area contributed by atoms with E-state index in [2.05, 4.69) is 14.2 Å². The van der Waals surface area contributed by atoms with Gasteiger partial charge in [-0.1, -0.05) is 0 Å². The molecule has 0 aliphatic carbocycles. The van der Waals surface area contributed by atoms with E-state index in [1.165, 1.54) is 0 Å². The number of rotatable bonds is 3. The minimum Gasteiger partial charge on any atom is -0.323 e. The zero-order chi connectivity index (χ0) is 6.41. The third-order valence-electron chi connectivity index (χ3n) is 0.841. The molecule has 0 amide bonds. The molecular formula is C5H13N2P. The molecule has 0 aromatic rings. The van der Waals surface area contributed by atoms with Crippen molar-refractivity contribution in [2.24, 2.45) is 10.7 Å². The van der Waals surface area contributed by atoms with E-state index in [9.17, 15) is 0 Å². The lowest BCUT2D eigenvalue weighted by atomic mass is 10.3. The van der Waals surface area contributed by atoms with Crippen molar-refractivity contribution in [1.82, 2.24) is 0 Å². The van der Waals surface area contributed by atoms with Crippen LogP contribution in [0, 0.1) is 0 Å². The molecule has 0 aromatic heterocycles. The summed E-state index contributed by atoms with van der Waals surface area (Å²) in [7, 11) is 4.37. The van der Waals surface area contributed by atoms with Crippen LogP contribution < -0.4 is 5.73 Å². The number of aliphatic imine (C=N–C) groups is 1. The topological polar surface area (TPSA) is 38.4 Å². The standard InChI is InChI=1S/C5H13N2P/c1-7-4-5(6)2-3-8/h4-5H,2-3,6,8H2,1H3/b7-4+. The zero-order valence-electron chi connectivity index (χ0n) is 5.17. The van der Waals surface area contributed by atoms with Crippen LogP contribution in [-0.2, 0) is 0 Å². The highest BCUT2D eigenvalue weighted by molar-refractivity contribution is 7.16. The summed E-state index contributed by atoms with van der Waals surface area (Å²) in [4.78, 5) is 3.79. The Morgan fingerprint density at radius 1 is 1.88 bits per heavy atom. The summed E-state index contributed by atoms with van der Waals surface area (Å²) >= 11 is 0. The van der Waals surface area contributed by atoms with Gasteiger partial charge in [0.05, 0.1) is 0 Å². The SMILES string of the molecule is C/N=C/C(N)CCP. The van der Waals surface area contributed by atoms with Crippen molar-refractivity contribution in [3.63, 3.8) is 0 Å². The van der Waals surface area contributed by atoms with Gasteiger partial charge in [-0.15, -0.1) is 9.24 Å². The smallest absolute Gasteiger partial charge is 0.0398 e. The first-order chi connectivity index (χ1) is 3.81. The minimum absolute atomic E-state index is 0.150. The maximum atomic E-state index is 5.53. The average Bonchev–Trinajstić information content (AvgIpc) is 1.68. The van der Waals surface area contributed by atoms with Gasteiger partial charge in [0, 0.05) is 19.3 Å². The summed E-state index contributed by atoms with van der Waals surface area (Å²) in [6.07, 6.45) is 3.82. The maximum absolute atomic E-state index is 5.53. The predicted molar refractivity (Wildman–Crippen MR) is 41.6 cm³/mol. The van der Waals surface area contributed by atoms with Crippen LogP contribution in [-0.4, -0.2) is 25.5 Å². The number of hydrogen-bond acceptors (Lipinski definition) is 2. The quantitative estimate of drug-likeness (QED) is 0.434. The van der Waals surface area contributed by atoms with E-state index in [1.54, 1.807) is 13.3 Å². The van der Waals surface area contributed by atoms with Crippen molar-refractivity contribution in [2.75, 3.05) is 13.2 Å². The Hall–Kier alpha value is 0.0600. The summed E-state index contributed by atoms with van der Waals surface area (Å²) in [6.45, 7) is 0. The normalized spacial score (nSPS) is 14.9. The molecule has 0 saturated heterocycles. The lowest BCUT2D eigenvalue weighted by Crippen LogP contribution is -2.21. The number of hydrogen-bond donors (Lipinski definition) is 1. The Morgan fingerprint density at radius 2 is 2.50 bits per heavy atom. The molecule has 2 N–H and O–H groups in total. The van der Waals surface area contributed by atoms with Gasteiger partial charge < -0.3 is 5.73 Å². The molecule has 0 aliphatic heterocycles. The van der Waals surface area contributed by atoms with E-state index >= 15 is 0 Å². The Kier molecular flexibility index (Phi) is 5.24. The maximum Gasteiger partial charge on any atom is 0.0398 e. The second-order valence-corrected chi connectivity index (χ2v) is 2.23. The molecule has 0 aliphatic rings.